The van der Waals surface area contributed by atoms with E-state index < -0.39 is 0 Å². The molecule has 1 aromatic heterocycles. The van der Waals surface area contributed by atoms with Crippen LogP contribution in [0, 0.1) is 0 Å². The van der Waals surface area contributed by atoms with Crippen LogP contribution in [-0.2, 0) is 6.54 Å². The fraction of sp³-hybridized carbons (Fsp3) is 0.529. The average Bonchev–Trinajstić information content (AvgIpc) is 2.86. The zero-order valence-electron chi connectivity index (χ0n) is 13.4. The van der Waals surface area contributed by atoms with Crippen molar-refractivity contribution >= 4 is 0 Å². The van der Waals surface area contributed by atoms with Crippen LogP contribution in [0.1, 0.15) is 25.1 Å². The van der Waals surface area contributed by atoms with Gasteiger partial charge in [-0.25, -0.2) is 0 Å². The van der Waals surface area contributed by atoms with Crippen LogP contribution in [0.4, 0.5) is 0 Å². The standard InChI is InChI=1S/C17H24N4O/c1-20(2)15-9-6-11-21(12-10-15)13-16-18-17(22-19-16)14-7-4-3-5-8-14/h3-5,7-8,15H,6,9-13H2,1-2H3/t15-/m0/s1. The minimum Gasteiger partial charge on any atom is -0.334 e. The van der Waals surface area contributed by atoms with E-state index in [2.05, 4.69) is 34.0 Å². The summed E-state index contributed by atoms with van der Waals surface area (Å²) in [5.41, 5.74) is 0.977. The molecule has 1 aliphatic heterocycles. The van der Waals surface area contributed by atoms with Gasteiger partial charge in [-0.05, 0) is 52.0 Å². The van der Waals surface area contributed by atoms with Gasteiger partial charge in [0.2, 0.25) is 0 Å². The number of likely N-dealkylation sites (tertiary alicyclic amines) is 1. The number of aromatic nitrogens is 2. The normalized spacial score (nSPS) is 20.2. The molecule has 5 heteroatoms. The Bertz CT molecular complexity index is 581. The fourth-order valence-corrected chi connectivity index (χ4v) is 3.03. The smallest absolute Gasteiger partial charge is 0.257 e. The molecule has 0 saturated carbocycles. The van der Waals surface area contributed by atoms with Gasteiger partial charge in [0.25, 0.3) is 5.89 Å². The lowest BCUT2D eigenvalue weighted by Crippen LogP contribution is -2.30. The van der Waals surface area contributed by atoms with Gasteiger partial charge in [-0.2, -0.15) is 4.98 Å². The molecule has 22 heavy (non-hydrogen) atoms. The first kappa shape index (κ1) is 15.2. The minimum absolute atomic E-state index is 0.608. The van der Waals surface area contributed by atoms with Crippen LogP contribution < -0.4 is 0 Å². The van der Waals surface area contributed by atoms with Crippen LogP contribution in [0.2, 0.25) is 0 Å². The van der Waals surface area contributed by atoms with Gasteiger partial charge in [0.15, 0.2) is 5.82 Å². The Morgan fingerprint density at radius 1 is 1.18 bits per heavy atom. The Labute approximate surface area is 131 Å². The molecule has 0 bridgehead atoms. The first-order valence-corrected chi connectivity index (χ1v) is 7.99. The van der Waals surface area contributed by atoms with Crippen molar-refractivity contribution in [1.29, 1.82) is 0 Å². The van der Waals surface area contributed by atoms with Gasteiger partial charge in [-0.1, -0.05) is 23.4 Å². The van der Waals surface area contributed by atoms with E-state index in [4.69, 9.17) is 4.52 Å². The molecule has 3 rings (SSSR count). The average molecular weight is 300 g/mol. The van der Waals surface area contributed by atoms with Crippen LogP contribution in [0.15, 0.2) is 34.9 Å². The molecular weight excluding hydrogens is 276 g/mol. The topological polar surface area (TPSA) is 45.4 Å². The van der Waals surface area contributed by atoms with E-state index in [0.717, 1.165) is 31.0 Å². The molecular formula is C17H24N4O. The van der Waals surface area contributed by atoms with Gasteiger partial charge < -0.3 is 9.42 Å². The summed E-state index contributed by atoms with van der Waals surface area (Å²) in [6.45, 7) is 2.98. The largest absolute Gasteiger partial charge is 0.334 e. The molecule has 0 unspecified atom stereocenters. The molecule has 1 fully saturated rings. The highest BCUT2D eigenvalue weighted by molar-refractivity contribution is 5.51. The van der Waals surface area contributed by atoms with Crippen molar-refractivity contribution in [2.24, 2.45) is 0 Å². The van der Waals surface area contributed by atoms with Crippen molar-refractivity contribution in [3.63, 3.8) is 0 Å². The summed E-state index contributed by atoms with van der Waals surface area (Å²) in [4.78, 5) is 9.30. The molecule has 0 N–H and O–H groups in total. The first-order valence-electron chi connectivity index (χ1n) is 7.99. The van der Waals surface area contributed by atoms with E-state index in [-0.39, 0.29) is 0 Å². The molecule has 2 aromatic rings. The summed E-state index contributed by atoms with van der Waals surface area (Å²) >= 11 is 0. The zero-order valence-corrected chi connectivity index (χ0v) is 13.4. The summed E-state index contributed by atoms with van der Waals surface area (Å²) in [5.74, 6) is 1.39. The highest BCUT2D eigenvalue weighted by Crippen LogP contribution is 2.19. The SMILES string of the molecule is CN(C)[C@H]1CCCN(Cc2noc(-c3ccccc3)n2)CC1. The third-order valence-electron chi connectivity index (χ3n) is 4.37. The molecule has 1 saturated heterocycles. The van der Waals surface area contributed by atoms with Crippen LogP contribution in [0.3, 0.4) is 0 Å². The first-order chi connectivity index (χ1) is 10.7. The third-order valence-corrected chi connectivity index (χ3v) is 4.37. The fourth-order valence-electron chi connectivity index (χ4n) is 3.03. The minimum atomic E-state index is 0.608. The van der Waals surface area contributed by atoms with Gasteiger partial charge in [0.05, 0.1) is 6.54 Å². The molecule has 5 nitrogen and oxygen atoms in total. The van der Waals surface area contributed by atoms with E-state index in [1.807, 2.05) is 30.3 Å². The summed E-state index contributed by atoms with van der Waals surface area (Å²) in [5, 5.41) is 4.13. The Morgan fingerprint density at radius 3 is 2.77 bits per heavy atom. The van der Waals surface area contributed by atoms with E-state index in [1.54, 1.807) is 0 Å². The Morgan fingerprint density at radius 2 is 2.00 bits per heavy atom. The van der Waals surface area contributed by atoms with Crippen molar-refractivity contribution in [1.82, 2.24) is 19.9 Å². The molecule has 0 amide bonds. The summed E-state index contributed by atoms with van der Waals surface area (Å²) in [6.07, 6.45) is 3.70. The highest BCUT2D eigenvalue weighted by Gasteiger charge is 2.20. The zero-order chi connectivity index (χ0) is 15.4. The maximum atomic E-state index is 5.39. The van der Waals surface area contributed by atoms with Crippen LogP contribution in [-0.4, -0.2) is 53.2 Å². The molecule has 0 radical (unpaired) electrons. The van der Waals surface area contributed by atoms with E-state index >= 15 is 0 Å². The highest BCUT2D eigenvalue weighted by atomic mass is 16.5. The molecule has 118 valence electrons. The second-order valence-electron chi connectivity index (χ2n) is 6.21. The summed E-state index contributed by atoms with van der Waals surface area (Å²) < 4.78 is 5.39. The molecule has 1 aromatic carbocycles. The van der Waals surface area contributed by atoms with Gasteiger partial charge in [-0.15, -0.1) is 0 Å². The summed E-state index contributed by atoms with van der Waals surface area (Å²) in [7, 11) is 4.34. The van der Waals surface area contributed by atoms with Gasteiger partial charge in [-0.3, -0.25) is 4.90 Å². The van der Waals surface area contributed by atoms with Crippen LogP contribution in [0.5, 0.6) is 0 Å². The predicted octanol–water partition coefficient (Wildman–Crippen LogP) is 2.65. The van der Waals surface area contributed by atoms with Crippen molar-refractivity contribution in [3.05, 3.63) is 36.2 Å². The molecule has 2 heterocycles. The maximum absolute atomic E-state index is 5.39. The number of hydrogen-bond donors (Lipinski definition) is 0. The number of hydrogen-bond acceptors (Lipinski definition) is 5. The van der Waals surface area contributed by atoms with Crippen molar-refractivity contribution < 1.29 is 4.52 Å². The molecule has 1 aliphatic rings. The second-order valence-corrected chi connectivity index (χ2v) is 6.21. The maximum Gasteiger partial charge on any atom is 0.257 e. The predicted molar refractivity (Wildman–Crippen MR) is 86.3 cm³/mol. The van der Waals surface area contributed by atoms with E-state index in [1.165, 1.54) is 19.3 Å². The Hall–Kier alpha value is -1.72. The second kappa shape index (κ2) is 7.03. The van der Waals surface area contributed by atoms with Crippen LogP contribution in [0.25, 0.3) is 11.5 Å². The van der Waals surface area contributed by atoms with Gasteiger partial charge in [0.1, 0.15) is 0 Å². The third kappa shape index (κ3) is 3.72. The Kier molecular flexibility index (Phi) is 4.85. The van der Waals surface area contributed by atoms with Crippen molar-refractivity contribution in [2.45, 2.75) is 31.8 Å². The van der Waals surface area contributed by atoms with Crippen molar-refractivity contribution in [3.8, 4) is 11.5 Å². The molecule has 0 spiro atoms. The van der Waals surface area contributed by atoms with Crippen molar-refractivity contribution in [2.75, 3.05) is 27.2 Å². The monoisotopic (exact) mass is 300 g/mol. The van der Waals surface area contributed by atoms with E-state index in [0.29, 0.717) is 11.9 Å². The number of rotatable bonds is 4. The lowest BCUT2D eigenvalue weighted by Gasteiger charge is -2.22. The molecule has 1 atom stereocenters. The molecule has 0 aliphatic carbocycles. The Balaban J connectivity index is 1.61. The number of benzene rings is 1. The summed E-state index contributed by atoms with van der Waals surface area (Å²) in [6, 6.07) is 10.6. The lowest BCUT2D eigenvalue weighted by molar-refractivity contribution is 0.240. The van der Waals surface area contributed by atoms with Gasteiger partial charge in [0, 0.05) is 18.2 Å². The number of nitrogens with zero attached hydrogens (tertiary/aromatic N) is 4. The quantitative estimate of drug-likeness (QED) is 0.868. The van der Waals surface area contributed by atoms with E-state index in [9.17, 15) is 0 Å². The lowest BCUT2D eigenvalue weighted by atomic mass is 10.1. The van der Waals surface area contributed by atoms with Gasteiger partial charge >= 0.3 is 0 Å². The van der Waals surface area contributed by atoms with Crippen LogP contribution >= 0.6 is 0 Å².